The lowest BCUT2D eigenvalue weighted by Crippen LogP contribution is -2.31. The van der Waals surface area contributed by atoms with Gasteiger partial charge in [-0.15, -0.1) is 0 Å². The third-order valence-corrected chi connectivity index (χ3v) is 3.30. The SMILES string of the molecule is CC(C=CCOC(=O)c1ccccc1)NC(=O)OCc1ccccc1. The molecule has 0 spiro atoms. The highest BCUT2D eigenvalue weighted by Gasteiger charge is 2.06. The van der Waals surface area contributed by atoms with Gasteiger partial charge in [-0.2, -0.15) is 0 Å². The molecule has 0 aromatic heterocycles. The van der Waals surface area contributed by atoms with Gasteiger partial charge in [-0.25, -0.2) is 9.59 Å². The first-order valence-corrected chi connectivity index (χ1v) is 8.01. The van der Waals surface area contributed by atoms with Crippen molar-refractivity contribution in [1.82, 2.24) is 5.32 Å². The second kappa shape index (κ2) is 9.93. The maximum Gasteiger partial charge on any atom is 0.407 e. The summed E-state index contributed by atoms with van der Waals surface area (Å²) in [5.74, 6) is -0.381. The molecule has 130 valence electrons. The fraction of sp³-hybridized carbons (Fsp3) is 0.200. The highest BCUT2D eigenvalue weighted by molar-refractivity contribution is 5.89. The van der Waals surface area contributed by atoms with Gasteiger partial charge in [0, 0.05) is 6.04 Å². The van der Waals surface area contributed by atoms with E-state index in [1.807, 2.05) is 36.4 Å². The number of ether oxygens (including phenoxy) is 2. The molecule has 2 aromatic carbocycles. The number of esters is 1. The molecule has 1 amide bonds. The first-order valence-electron chi connectivity index (χ1n) is 8.01. The highest BCUT2D eigenvalue weighted by atomic mass is 16.5. The summed E-state index contributed by atoms with van der Waals surface area (Å²) in [6, 6.07) is 18.0. The highest BCUT2D eigenvalue weighted by Crippen LogP contribution is 2.02. The molecule has 0 fully saturated rings. The molecule has 25 heavy (non-hydrogen) atoms. The largest absolute Gasteiger partial charge is 0.458 e. The van der Waals surface area contributed by atoms with E-state index in [0.29, 0.717) is 5.56 Å². The Kier molecular flexibility index (Phi) is 7.25. The molecule has 0 saturated heterocycles. The van der Waals surface area contributed by atoms with Crippen molar-refractivity contribution in [1.29, 1.82) is 0 Å². The van der Waals surface area contributed by atoms with Crippen LogP contribution in [0.15, 0.2) is 72.8 Å². The Balaban J connectivity index is 1.65. The fourth-order valence-corrected chi connectivity index (χ4v) is 2.04. The van der Waals surface area contributed by atoms with Gasteiger partial charge in [0.2, 0.25) is 0 Å². The van der Waals surface area contributed by atoms with Crippen LogP contribution < -0.4 is 5.32 Å². The van der Waals surface area contributed by atoms with Crippen LogP contribution in [0.2, 0.25) is 0 Å². The number of carbonyl (C=O) groups is 2. The number of hydrogen-bond acceptors (Lipinski definition) is 4. The molecule has 1 atom stereocenters. The summed E-state index contributed by atoms with van der Waals surface area (Å²) in [7, 11) is 0. The van der Waals surface area contributed by atoms with Gasteiger partial charge in [0.1, 0.15) is 13.2 Å². The molecule has 0 aliphatic rings. The van der Waals surface area contributed by atoms with Crippen molar-refractivity contribution in [2.75, 3.05) is 6.61 Å². The Morgan fingerprint density at radius 2 is 1.64 bits per heavy atom. The Morgan fingerprint density at radius 1 is 1.00 bits per heavy atom. The maximum atomic E-state index is 11.7. The lowest BCUT2D eigenvalue weighted by Gasteiger charge is -2.10. The van der Waals surface area contributed by atoms with E-state index in [2.05, 4.69) is 5.32 Å². The number of alkyl carbamates (subject to hydrolysis) is 1. The standard InChI is InChI=1S/C20H21NO4/c1-16(21-20(23)25-15-17-10-4-2-5-11-17)9-8-14-24-19(22)18-12-6-3-7-13-18/h2-13,16H,14-15H2,1H3,(H,21,23). The molecule has 2 aromatic rings. The predicted octanol–water partition coefficient (Wildman–Crippen LogP) is 3.71. The smallest absolute Gasteiger partial charge is 0.407 e. The zero-order valence-electron chi connectivity index (χ0n) is 14.1. The average molecular weight is 339 g/mol. The summed E-state index contributed by atoms with van der Waals surface area (Å²) < 4.78 is 10.3. The first-order chi connectivity index (χ1) is 12.1. The first kappa shape index (κ1) is 18.3. The number of amides is 1. The summed E-state index contributed by atoms with van der Waals surface area (Å²) in [4.78, 5) is 23.4. The normalized spacial score (nSPS) is 11.7. The van der Waals surface area contributed by atoms with Gasteiger partial charge in [0.05, 0.1) is 5.56 Å². The number of rotatable bonds is 7. The van der Waals surface area contributed by atoms with E-state index in [9.17, 15) is 9.59 Å². The topological polar surface area (TPSA) is 64.6 Å². The van der Waals surface area contributed by atoms with Crippen molar-refractivity contribution in [3.63, 3.8) is 0 Å². The van der Waals surface area contributed by atoms with Gasteiger partial charge >= 0.3 is 12.1 Å². The van der Waals surface area contributed by atoms with E-state index in [4.69, 9.17) is 9.47 Å². The number of carbonyl (C=O) groups excluding carboxylic acids is 2. The second-order valence-electron chi connectivity index (χ2n) is 5.39. The zero-order chi connectivity index (χ0) is 17.9. The Morgan fingerprint density at radius 3 is 2.32 bits per heavy atom. The van der Waals surface area contributed by atoms with Gasteiger partial charge in [-0.05, 0) is 30.7 Å². The third-order valence-electron chi connectivity index (χ3n) is 3.30. The minimum Gasteiger partial charge on any atom is -0.458 e. The molecule has 2 rings (SSSR count). The zero-order valence-corrected chi connectivity index (χ0v) is 14.1. The van der Waals surface area contributed by atoms with Crippen LogP contribution in [-0.2, 0) is 16.1 Å². The number of benzene rings is 2. The van der Waals surface area contributed by atoms with Gasteiger partial charge in [-0.3, -0.25) is 0 Å². The minimum absolute atomic E-state index is 0.138. The molecule has 5 heteroatoms. The summed E-state index contributed by atoms with van der Waals surface area (Å²) in [6.07, 6.45) is 2.92. The molecule has 0 radical (unpaired) electrons. The van der Waals surface area contributed by atoms with E-state index < -0.39 is 6.09 Å². The van der Waals surface area contributed by atoms with Crippen LogP contribution in [-0.4, -0.2) is 24.7 Å². The van der Waals surface area contributed by atoms with Gasteiger partial charge in [0.25, 0.3) is 0 Å². The number of nitrogens with one attached hydrogen (secondary N) is 1. The van der Waals surface area contributed by atoms with Crippen molar-refractivity contribution in [2.45, 2.75) is 19.6 Å². The van der Waals surface area contributed by atoms with Crippen LogP contribution in [0.25, 0.3) is 0 Å². The lowest BCUT2D eigenvalue weighted by atomic mass is 10.2. The van der Waals surface area contributed by atoms with Crippen molar-refractivity contribution in [3.8, 4) is 0 Å². The van der Waals surface area contributed by atoms with Crippen LogP contribution >= 0.6 is 0 Å². The van der Waals surface area contributed by atoms with Crippen molar-refractivity contribution >= 4 is 12.1 Å². The van der Waals surface area contributed by atoms with E-state index in [1.54, 1.807) is 43.3 Å². The molecule has 1 unspecified atom stereocenters. The molecular weight excluding hydrogens is 318 g/mol. The molecule has 0 aliphatic heterocycles. The molecule has 0 heterocycles. The molecule has 0 saturated carbocycles. The van der Waals surface area contributed by atoms with Gasteiger partial charge in [0.15, 0.2) is 0 Å². The molecule has 5 nitrogen and oxygen atoms in total. The summed E-state index contributed by atoms with van der Waals surface area (Å²) in [5.41, 5.74) is 1.43. The summed E-state index contributed by atoms with van der Waals surface area (Å²) >= 11 is 0. The van der Waals surface area contributed by atoms with Gasteiger partial charge in [-0.1, -0.05) is 54.6 Å². The van der Waals surface area contributed by atoms with Crippen LogP contribution in [0.3, 0.4) is 0 Å². The van der Waals surface area contributed by atoms with E-state index in [-0.39, 0.29) is 25.2 Å². The maximum absolute atomic E-state index is 11.7. The van der Waals surface area contributed by atoms with E-state index >= 15 is 0 Å². The number of hydrogen-bond donors (Lipinski definition) is 1. The van der Waals surface area contributed by atoms with E-state index in [1.165, 1.54) is 0 Å². The Labute approximate surface area is 147 Å². The predicted molar refractivity (Wildman–Crippen MR) is 95.1 cm³/mol. The fourth-order valence-electron chi connectivity index (χ4n) is 2.04. The quantitative estimate of drug-likeness (QED) is 0.617. The van der Waals surface area contributed by atoms with Crippen LogP contribution in [0.4, 0.5) is 4.79 Å². The van der Waals surface area contributed by atoms with Crippen LogP contribution in [0.5, 0.6) is 0 Å². The summed E-state index contributed by atoms with van der Waals surface area (Å²) in [5, 5.41) is 2.68. The minimum atomic E-state index is -0.498. The van der Waals surface area contributed by atoms with Crippen molar-refractivity contribution in [3.05, 3.63) is 83.9 Å². The summed E-state index contributed by atoms with van der Waals surface area (Å²) in [6.45, 7) is 2.16. The molecule has 0 aliphatic carbocycles. The Hall–Kier alpha value is -3.08. The monoisotopic (exact) mass is 339 g/mol. The van der Waals surface area contributed by atoms with Gasteiger partial charge < -0.3 is 14.8 Å². The lowest BCUT2D eigenvalue weighted by molar-refractivity contribution is 0.0549. The third kappa shape index (κ3) is 6.91. The molecular formula is C20H21NO4. The Bertz CT molecular complexity index is 698. The molecule has 1 N–H and O–H groups in total. The van der Waals surface area contributed by atoms with Crippen LogP contribution in [0, 0.1) is 0 Å². The average Bonchev–Trinajstić information content (AvgIpc) is 2.65. The second-order valence-corrected chi connectivity index (χ2v) is 5.39. The van der Waals surface area contributed by atoms with Crippen LogP contribution in [0.1, 0.15) is 22.8 Å². The molecule has 0 bridgehead atoms. The van der Waals surface area contributed by atoms with Crippen molar-refractivity contribution < 1.29 is 19.1 Å². The van der Waals surface area contributed by atoms with E-state index in [0.717, 1.165) is 5.56 Å². The van der Waals surface area contributed by atoms with Crippen molar-refractivity contribution in [2.24, 2.45) is 0 Å².